The largest absolute Gasteiger partial charge is 0.417 e. The number of nitrogens with one attached hydrogen (secondary N) is 1. The SMILES string of the molecule is CCCCc1ccc(NC(=O)C2=CC3C(=O)N(C)C(=O)N(C)C3=[N+]2CCCOC)cc1. The van der Waals surface area contributed by atoms with Crippen molar-refractivity contribution >= 4 is 29.4 Å². The molecule has 0 saturated carbocycles. The van der Waals surface area contributed by atoms with Gasteiger partial charge in [0.15, 0.2) is 11.6 Å². The van der Waals surface area contributed by atoms with Gasteiger partial charge in [-0.2, -0.15) is 4.90 Å². The van der Waals surface area contributed by atoms with Gasteiger partial charge in [-0.05, 0) is 36.6 Å². The monoisotopic (exact) mass is 427 g/mol. The van der Waals surface area contributed by atoms with Crippen molar-refractivity contribution in [3.63, 3.8) is 0 Å². The second-order valence-electron chi connectivity index (χ2n) is 7.88. The normalized spacial score (nSPS) is 18.5. The number of urea groups is 1. The molecule has 1 atom stereocenters. The fourth-order valence-corrected chi connectivity index (χ4v) is 3.94. The zero-order chi connectivity index (χ0) is 22.5. The van der Waals surface area contributed by atoms with Crippen molar-refractivity contribution in [1.82, 2.24) is 9.80 Å². The number of carbonyl (C=O) groups excluding carboxylic acids is 3. The maximum absolute atomic E-state index is 13.1. The number of carbonyl (C=O) groups is 3. The maximum Gasteiger partial charge on any atom is 0.417 e. The third-order valence-corrected chi connectivity index (χ3v) is 5.68. The smallest absolute Gasteiger partial charge is 0.385 e. The van der Waals surface area contributed by atoms with Gasteiger partial charge in [0.1, 0.15) is 0 Å². The van der Waals surface area contributed by atoms with Crippen molar-refractivity contribution in [1.29, 1.82) is 0 Å². The number of amidine groups is 1. The van der Waals surface area contributed by atoms with E-state index in [0.717, 1.165) is 24.2 Å². The van der Waals surface area contributed by atoms with Crippen LogP contribution in [0.4, 0.5) is 10.5 Å². The van der Waals surface area contributed by atoms with Crippen molar-refractivity contribution in [2.75, 3.05) is 39.7 Å². The molecule has 0 aromatic heterocycles. The second kappa shape index (κ2) is 9.87. The van der Waals surface area contributed by atoms with Gasteiger partial charge in [-0.25, -0.2) is 14.3 Å². The Labute approximate surface area is 183 Å². The Bertz CT molecular complexity index is 920. The zero-order valence-electron chi connectivity index (χ0n) is 18.7. The van der Waals surface area contributed by atoms with E-state index in [9.17, 15) is 14.4 Å². The number of unbranched alkanes of at least 4 members (excludes halogenated alkanes) is 1. The third-order valence-electron chi connectivity index (χ3n) is 5.68. The Morgan fingerprint density at radius 3 is 2.48 bits per heavy atom. The van der Waals surface area contributed by atoms with Gasteiger partial charge in [-0.15, -0.1) is 0 Å². The number of benzene rings is 1. The molecule has 0 aliphatic carbocycles. The summed E-state index contributed by atoms with van der Waals surface area (Å²) in [5.41, 5.74) is 2.29. The standard InChI is InChI=1S/C23H30N4O4/c1-5-6-8-16-9-11-17(12-10-16)24-20(28)19-15-18-21(27(19)13-7-14-31-4)25(2)23(30)26(3)22(18)29/h9-12,15,18H,5-8,13-14H2,1-4H3/p+1. The molecule has 0 bridgehead atoms. The predicted molar refractivity (Wildman–Crippen MR) is 118 cm³/mol. The molecule has 1 aromatic carbocycles. The average Bonchev–Trinajstić information content (AvgIpc) is 3.15. The molecule has 0 spiro atoms. The minimum atomic E-state index is -0.660. The first-order valence-corrected chi connectivity index (χ1v) is 10.7. The fourth-order valence-electron chi connectivity index (χ4n) is 3.94. The summed E-state index contributed by atoms with van der Waals surface area (Å²) in [4.78, 5) is 40.9. The van der Waals surface area contributed by atoms with E-state index in [-0.39, 0.29) is 11.8 Å². The lowest BCUT2D eigenvalue weighted by Gasteiger charge is -2.27. The number of imide groups is 1. The Morgan fingerprint density at radius 2 is 1.84 bits per heavy atom. The van der Waals surface area contributed by atoms with Crippen LogP contribution < -0.4 is 5.32 Å². The summed E-state index contributed by atoms with van der Waals surface area (Å²) in [7, 11) is 4.70. The summed E-state index contributed by atoms with van der Waals surface area (Å²) < 4.78 is 6.90. The van der Waals surface area contributed by atoms with Crippen molar-refractivity contribution in [3.8, 4) is 0 Å². The first-order chi connectivity index (χ1) is 14.9. The number of rotatable bonds is 9. The van der Waals surface area contributed by atoms with Crippen LogP contribution in [-0.2, 0) is 20.7 Å². The molecule has 166 valence electrons. The third kappa shape index (κ3) is 4.69. The van der Waals surface area contributed by atoms with Crippen molar-refractivity contribution < 1.29 is 23.7 Å². The molecule has 0 radical (unpaired) electrons. The molecule has 31 heavy (non-hydrogen) atoms. The van der Waals surface area contributed by atoms with Crippen LogP contribution in [0.1, 0.15) is 31.7 Å². The number of amides is 4. The second-order valence-corrected chi connectivity index (χ2v) is 7.88. The van der Waals surface area contributed by atoms with Gasteiger partial charge in [0.2, 0.25) is 0 Å². The molecular weight excluding hydrogens is 396 g/mol. The van der Waals surface area contributed by atoms with Crippen LogP contribution in [0.3, 0.4) is 0 Å². The average molecular weight is 428 g/mol. The molecule has 2 aliphatic rings. The van der Waals surface area contributed by atoms with Gasteiger partial charge in [0.05, 0.1) is 13.6 Å². The molecular formula is C23H31N4O4+. The summed E-state index contributed by atoms with van der Waals surface area (Å²) in [6.45, 7) is 3.13. The number of methoxy groups -OCH3 is 1. The van der Waals surface area contributed by atoms with Crippen LogP contribution in [0.2, 0.25) is 0 Å². The van der Waals surface area contributed by atoms with E-state index in [1.165, 1.54) is 17.5 Å². The van der Waals surface area contributed by atoms with E-state index < -0.39 is 11.9 Å². The topological polar surface area (TPSA) is 82.0 Å². The van der Waals surface area contributed by atoms with Gasteiger partial charge in [0.25, 0.3) is 17.6 Å². The first-order valence-electron chi connectivity index (χ1n) is 10.7. The van der Waals surface area contributed by atoms with Crippen LogP contribution >= 0.6 is 0 Å². The van der Waals surface area contributed by atoms with Gasteiger partial charge < -0.3 is 10.1 Å². The molecule has 1 saturated heterocycles. The Hall–Kier alpha value is -3.00. The number of nitrogens with zero attached hydrogens (tertiary/aromatic N) is 3. The number of hydrogen-bond acceptors (Lipinski definition) is 4. The van der Waals surface area contributed by atoms with Gasteiger partial charge in [-0.3, -0.25) is 9.59 Å². The van der Waals surface area contributed by atoms with Crippen molar-refractivity contribution in [2.24, 2.45) is 5.92 Å². The highest BCUT2D eigenvalue weighted by molar-refractivity contribution is 6.19. The van der Waals surface area contributed by atoms with Crippen LogP contribution in [0, 0.1) is 5.92 Å². The Kier molecular flexibility index (Phi) is 7.22. The van der Waals surface area contributed by atoms with Crippen LogP contribution in [0.25, 0.3) is 0 Å². The molecule has 2 heterocycles. The lowest BCUT2D eigenvalue weighted by molar-refractivity contribution is -0.474. The van der Waals surface area contributed by atoms with Gasteiger partial charge in [-0.1, -0.05) is 25.5 Å². The number of fused-ring (bicyclic) bond motifs is 1. The quantitative estimate of drug-likeness (QED) is 0.485. The molecule has 1 N–H and O–H groups in total. The van der Waals surface area contributed by atoms with E-state index >= 15 is 0 Å². The van der Waals surface area contributed by atoms with E-state index in [1.807, 2.05) is 24.3 Å². The van der Waals surface area contributed by atoms with Gasteiger partial charge in [0, 0.05) is 32.9 Å². The lowest BCUT2D eigenvalue weighted by atomic mass is 10.0. The number of ether oxygens (including phenoxy) is 1. The fraction of sp³-hybridized carbons (Fsp3) is 0.478. The summed E-state index contributed by atoms with van der Waals surface area (Å²) in [6, 6.07) is 7.41. The molecule has 8 nitrogen and oxygen atoms in total. The molecule has 1 unspecified atom stereocenters. The van der Waals surface area contributed by atoms with E-state index in [2.05, 4.69) is 12.2 Å². The van der Waals surface area contributed by atoms with Crippen LogP contribution in [0.15, 0.2) is 36.0 Å². The molecule has 1 aromatic rings. The summed E-state index contributed by atoms with van der Waals surface area (Å²) in [5, 5.41) is 2.93. The zero-order valence-corrected chi connectivity index (χ0v) is 18.7. The van der Waals surface area contributed by atoms with Crippen molar-refractivity contribution in [3.05, 3.63) is 41.6 Å². The lowest BCUT2D eigenvalue weighted by Crippen LogP contribution is -2.57. The van der Waals surface area contributed by atoms with E-state index in [1.54, 1.807) is 24.8 Å². The summed E-state index contributed by atoms with van der Waals surface area (Å²) >= 11 is 0. The Morgan fingerprint density at radius 1 is 1.13 bits per heavy atom. The van der Waals surface area contributed by atoms with E-state index in [4.69, 9.17) is 4.74 Å². The molecule has 8 heteroatoms. The maximum atomic E-state index is 13.1. The van der Waals surface area contributed by atoms with Crippen molar-refractivity contribution in [2.45, 2.75) is 32.6 Å². The molecule has 4 amide bonds. The highest BCUT2D eigenvalue weighted by Crippen LogP contribution is 2.27. The van der Waals surface area contributed by atoms with E-state index in [0.29, 0.717) is 36.8 Å². The number of aryl methyl sites for hydroxylation is 1. The molecule has 3 rings (SSSR count). The molecule has 2 aliphatic heterocycles. The highest BCUT2D eigenvalue weighted by atomic mass is 16.5. The minimum absolute atomic E-state index is 0.308. The van der Waals surface area contributed by atoms with Crippen LogP contribution in [0.5, 0.6) is 0 Å². The predicted octanol–water partition coefficient (Wildman–Crippen LogP) is 2.45. The summed E-state index contributed by atoms with van der Waals surface area (Å²) in [5.74, 6) is -0.786. The van der Waals surface area contributed by atoms with Gasteiger partial charge >= 0.3 is 6.03 Å². The molecule has 1 fully saturated rings. The first kappa shape index (κ1) is 22.7. The highest BCUT2D eigenvalue weighted by Gasteiger charge is 2.51. The minimum Gasteiger partial charge on any atom is -0.385 e. The number of anilines is 1. The summed E-state index contributed by atoms with van der Waals surface area (Å²) in [6.07, 6.45) is 5.57. The Balaban J connectivity index is 1.85. The van der Waals surface area contributed by atoms with Crippen LogP contribution in [-0.4, -0.2) is 72.4 Å². The number of hydrogen-bond donors (Lipinski definition) is 1.